The van der Waals surface area contributed by atoms with Crippen LogP contribution in [0.25, 0.3) is 0 Å². The van der Waals surface area contributed by atoms with E-state index in [-0.39, 0.29) is 6.03 Å². The van der Waals surface area contributed by atoms with Crippen LogP contribution in [0, 0.1) is 20.8 Å². The van der Waals surface area contributed by atoms with E-state index in [2.05, 4.69) is 20.6 Å². The van der Waals surface area contributed by atoms with Gasteiger partial charge in [-0.05, 0) is 51.5 Å². The summed E-state index contributed by atoms with van der Waals surface area (Å²) >= 11 is 0. The predicted octanol–water partition coefficient (Wildman–Crippen LogP) is 3.45. The minimum absolute atomic E-state index is 0.310. The molecule has 7 heteroatoms. The zero-order valence-electron chi connectivity index (χ0n) is 14.6. The molecule has 0 saturated heterocycles. The molecule has 0 aliphatic heterocycles. The highest BCUT2D eigenvalue weighted by atomic mass is 16.5. The number of methoxy groups -OCH3 is 1. The molecule has 0 atom stereocenters. The van der Waals surface area contributed by atoms with Crippen molar-refractivity contribution in [1.29, 1.82) is 0 Å². The number of benzene rings is 1. The molecule has 24 heavy (non-hydrogen) atoms. The number of ether oxygens (including phenoxy) is 2. The first-order valence-electron chi connectivity index (χ1n) is 7.65. The smallest absolute Gasteiger partial charge is 0.323 e. The molecule has 2 N–H and O–H groups in total. The van der Waals surface area contributed by atoms with Crippen molar-refractivity contribution in [3.63, 3.8) is 0 Å². The molecule has 0 bridgehead atoms. The lowest BCUT2D eigenvalue weighted by atomic mass is 10.2. The second kappa shape index (κ2) is 7.63. The lowest BCUT2D eigenvalue weighted by Crippen LogP contribution is -2.22. The summed E-state index contributed by atoms with van der Waals surface area (Å²) < 4.78 is 10.5. The molecular weight excluding hydrogens is 308 g/mol. The average molecular weight is 330 g/mol. The number of hydrogen-bond donors (Lipinski definition) is 2. The minimum atomic E-state index is -0.359. The van der Waals surface area contributed by atoms with Crippen molar-refractivity contribution in [2.75, 3.05) is 24.4 Å². The van der Waals surface area contributed by atoms with Crippen LogP contribution >= 0.6 is 0 Å². The number of anilines is 2. The number of carbonyl (C=O) groups excluding carboxylic acids is 1. The maximum Gasteiger partial charge on any atom is 0.323 e. The van der Waals surface area contributed by atoms with E-state index in [1.807, 2.05) is 19.9 Å². The lowest BCUT2D eigenvalue weighted by molar-refractivity contribution is 0.262. The Hall–Kier alpha value is -2.83. The standard InChI is InChI=1S/C17H22N4O3/c1-6-24-17-18-11(3)15(12(4)19-17)21-16(22)20-14-8-7-13(23-5)9-10(14)2/h7-9H,6H2,1-5H3,(H2,20,21,22). The zero-order valence-corrected chi connectivity index (χ0v) is 14.6. The summed E-state index contributed by atoms with van der Waals surface area (Å²) in [5.41, 5.74) is 3.47. The van der Waals surface area contributed by atoms with Crippen LogP contribution in [-0.2, 0) is 0 Å². The Labute approximate surface area is 141 Å². The molecular formula is C17H22N4O3. The van der Waals surface area contributed by atoms with Crippen LogP contribution in [0.2, 0.25) is 0 Å². The lowest BCUT2D eigenvalue weighted by Gasteiger charge is -2.14. The van der Waals surface area contributed by atoms with Crippen molar-refractivity contribution < 1.29 is 14.3 Å². The van der Waals surface area contributed by atoms with E-state index in [4.69, 9.17) is 9.47 Å². The molecule has 0 saturated carbocycles. The molecule has 0 unspecified atom stereocenters. The Kier molecular flexibility index (Phi) is 5.57. The summed E-state index contributed by atoms with van der Waals surface area (Å²) in [5, 5.41) is 5.60. The molecule has 1 heterocycles. The van der Waals surface area contributed by atoms with Gasteiger partial charge in [0.15, 0.2) is 0 Å². The van der Waals surface area contributed by atoms with E-state index in [1.165, 1.54) is 0 Å². The number of urea groups is 1. The number of hydrogen-bond acceptors (Lipinski definition) is 5. The van der Waals surface area contributed by atoms with Crippen LogP contribution < -0.4 is 20.1 Å². The highest BCUT2D eigenvalue weighted by Gasteiger charge is 2.13. The van der Waals surface area contributed by atoms with Gasteiger partial charge in [0.2, 0.25) is 0 Å². The Morgan fingerprint density at radius 1 is 1.12 bits per heavy atom. The zero-order chi connectivity index (χ0) is 17.7. The highest BCUT2D eigenvalue weighted by molar-refractivity contribution is 6.00. The van der Waals surface area contributed by atoms with Gasteiger partial charge in [-0.15, -0.1) is 0 Å². The predicted molar refractivity (Wildman–Crippen MR) is 93.0 cm³/mol. The van der Waals surface area contributed by atoms with Crippen molar-refractivity contribution in [3.8, 4) is 11.8 Å². The van der Waals surface area contributed by atoms with Crippen LogP contribution in [0.15, 0.2) is 18.2 Å². The Morgan fingerprint density at radius 3 is 2.33 bits per heavy atom. The Balaban J connectivity index is 2.12. The molecule has 1 aromatic heterocycles. The van der Waals surface area contributed by atoms with Crippen LogP contribution in [0.4, 0.5) is 16.2 Å². The first kappa shape index (κ1) is 17.5. The number of aryl methyl sites for hydroxylation is 3. The molecule has 0 radical (unpaired) electrons. The largest absolute Gasteiger partial charge is 0.497 e. The minimum Gasteiger partial charge on any atom is -0.497 e. The number of aromatic nitrogens is 2. The summed E-state index contributed by atoms with van der Waals surface area (Å²) in [6, 6.07) is 5.39. The second-order valence-electron chi connectivity index (χ2n) is 5.24. The number of nitrogens with one attached hydrogen (secondary N) is 2. The average Bonchev–Trinajstić information content (AvgIpc) is 2.53. The van der Waals surface area contributed by atoms with E-state index in [9.17, 15) is 4.79 Å². The normalized spacial score (nSPS) is 10.2. The van der Waals surface area contributed by atoms with Crippen molar-refractivity contribution in [2.24, 2.45) is 0 Å². The molecule has 2 aromatic rings. The third-order valence-corrected chi connectivity index (χ3v) is 3.44. The molecule has 2 rings (SSSR count). The summed E-state index contributed by atoms with van der Waals surface area (Å²) in [6.45, 7) is 7.85. The molecule has 7 nitrogen and oxygen atoms in total. The van der Waals surface area contributed by atoms with Crippen LogP contribution in [0.5, 0.6) is 11.8 Å². The summed E-state index contributed by atoms with van der Waals surface area (Å²) in [4.78, 5) is 20.7. The van der Waals surface area contributed by atoms with Gasteiger partial charge in [0.1, 0.15) is 5.75 Å². The number of rotatable bonds is 5. The van der Waals surface area contributed by atoms with Crippen LogP contribution in [0.1, 0.15) is 23.9 Å². The van der Waals surface area contributed by atoms with Crippen LogP contribution in [0.3, 0.4) is 0 Å². The second-order valence-corrected chi connectivity index (χ2v) is 5.24. The molecule has 1 aromatic carbocycles. The third-order valence-electron chi connectivity index (χ3n) is 3.44. The molecule has 0 aliphatic rings. The fourth-order valence-electron chi connectivity index (χ4n) is 2.23. The van der Waals surface area contributed by atoms with Crippen molar-refractivity contribution in [1.82, 2.24) is 9.97 Å². The van der Waals surface area contributed by atoms with Crippen LogP contribution in [-0.4, -0.2) is 29.7 Å². The van der Waals surface area contributed by atoms with Gasteiger partial charge in [-0.2, -0.15) is 9.97 Å². The van der Waals surface area contributed by atoms with E-state index in [0.717, 1.165) is 11.3 Å². The van der Waals surface area contributed by atoms with Gasteiger partial charge in [0, 0.05) is 5.69 Å². The highest BCUT2D eigenvalue weighted by Crippen LogP contribution is 2.23. The molecule has 0 spiro atoms. The molecule has 2 amide bonds. The monoisotopic (exact) mass is 330 g/mol. The van der Waals surface area contributed by atoms with E-state index in [0.29, 0.717) is 35.4 Å². The summed E-state index contributed by atoms with van der Waals surface area (Å²) in [7, 11) is 1.60. The quantitative estimate of drug-likeness (QED) is 0.877. The first-order chi connectivity index (χ1) is 11.4. The fraction of sp³-hybridized carbons (Fsp3) is 0.353. The topological polar surface area (TPSA) is 85.4 Å². The van der Waals surface area contributed by atoms with Gasteiger partial charge in [-0.3, -0.25) is 0 Å². The van der Waals surface area contributed by atoms with Crippen molar-refractivity contribution >= 4 is 17.4 Å². The maximum absolute atomic E-state index is 12.3. The summed E-state index contributed by atoms with van der Waals surface area (Å²) in [6.07, 6.45) is 0. The summed E-state index contributed by atoms with van der Waals surface area (Å²) in [5.74, 6) is 0.741. The van der Waals surface area contributed by atoms with Gasteiger partial charge in [0.05, 0.1) is 30.8 Å². The first-order valence-corrected chi connectivity index (χ1v) is 7.65. The van der Waals surface area contributed by atoms with E-state index < -0.39 is 0 Å². The van der Waals surface area contributed by atoms with Gasteiger partial charge in [0.25, 0.3) is 0 Å². The SMILES string of the molecule is CCOc1nc(C)c(NC(=O)Nc2ccc(OC)cc2C)c(C)n1. The molecule has 128 valence electrons. The molecule has 0 fully saturated rings. The van der Waals surface area contributed by atoms with Gasteiger partial charge in [-0.1, -0.05) is 0 Å². The van der Waals surface area contributed by atoms with Crippen molar-refractivity contribution in [3.05, 3.63) is 35.2 Å². The Bertz CT molecular complexity index is 724. The van der Waals surface area contributed by atoms with Gasteiger partial charge < -0.3 is 20.1 Å². The van der Waals surface area contributed by atoms with E-state index >= 15 is 0 Å². The number of amides is 2. The third kappa shape index (κ3) is 4.13. The number of nitrogens with zero attached hydrogens (tertiary/aromatic N) is 2. The van der Waals surface area contributed by atoms with Gasteiger partial charge in [-0.25, -0.2) is 4.79 Å². The number of carbonyl (C=O) groups is 1. The maximum atomic E-state index is 12.3. The molecule has 0 aliphatic carbocycles. The van der Waals surface area contributed by atoms with E-state index in [1.54, 1.807) is 33.1 Å². The van der Waals surface area contributed by atoms with Crippen molar-refractivity contribution in [2.45, 2.75) is 27.7 Å². The Morgan fingerprint density at radius 2 is 1.79 bits per heavy atom. The van der Waals surface area contributed by atoms with Gasteiger partial charge >= 0.3 is 12.0 Å². The fourth-order valence-corrected chi connectivity index (χ4v) is 2.23.